The number of nitrogens with one attached hydrogen (secondary N) is 2. The standard InChI is InChI=1S/C21H21N3O6S2/c25-14(10-28-15-3-4-17-18(7-15)30-12-29-17)9-22-19(26)6-13-11-32-21(23-13)24-20(27)8-16-2-1-5-31-16/h1-5,7,11,14,25H,6,8-10,12H2,(H,22,26)(H,23,24,27). The van der Waals surface area contributed by atoms with E-state index in [1.807, 2.05) is 17.5 Å². The number of nitrogens with zero attached hydrogens (tertiary/aromatic N) is 1. The summed E-state index contributed by atoms with van der Waals surface area (Å²) in [6, 6.07) is 8.94. The molecule has 4 rings (SSSR count). The summed E-state index contributed by atoms with van der Waals surface area (Å²) in [5.41, 5.74) is 0.546. The van der Waals surface area contributed by atoms with E-state index in [1.165, 1.54) is 22.7 Å². The van der Waals surface area contributed by atoms with Crippen molar-refractivity contribution in [3.63, 3.8) is 0 Å². The average Bonchev–Trinajstić information content (AvgIpc) is 3.53. The van der Waals surface area contributed by atoms with Crippen LogP contribution in [0.1, 0.15) is 10.6 Å². The van der Waals surface area contributed by atoms with Gasteiger partial charge in [-0.15, -0.1) is 22.7 Å². The SMILES string of the molecule is O=C(Cc1csc(NC(=O)Cc2cccs2)n1)NCC(O)COc1ccc2c(c1)OCO2. The Kier molecular flexibility index (Phi) is 7.20. The Morgan fingerprint density at radius 3 is 2.88 bits per heavy atom. The van der Waals surface area contributed by atoms with Gasteiger partial charge in [0.25, 0.3) is 0 Å². The van der Waals surface area contributed by atoms with Gasteiger partial charge in [0.15, 0.2) is 16.6 Å². The number of carbonyl (C=O) groups excluding carboxylic acids is 2. The molecule has 0 radical (unpaired) electrons. The van der Waals surface area contributed by atoms with Crippen LogP contribution in [0.4, 0.5) is 5.13 Å². The number of benzene rings is 1. The molecule has 9 nitrogen and oxygen atoms in total. The summed E-state index contributed by atoms with van der Waals surface area (Å²) in [6.07, 6.45) is -0.543. The Bertz CT molecular complexity index is 1070. The summed E-state index contributed by atoms with van der Waals surface area (Å²) < 4.78 is 16.0. The van der Waals surface area contributed by atoms with Crippen LogP contribution in [0.5, 0.6) is 17.2 Å². The minimum absolute atomic E-state index is 0.0110. The summed E-state index contributed by atoms with van der Waals surface area (Å²) in [5.74, 6) is 1.35. The Morgan fingerprint density at radius 2 is 2.03 bits per heavy atom. The molecule has 1 unspecified atom stereocenters. The van der Waals surface area contributed by atoms with E-state index in [2.05, 4.69) is 15.6 Å². The third-order valence-electron chi connectivity index (χ3n) is 4.38. The predicted octanol–water partition coefficient (Wildman–Crippen LogP) is 2.21. The summed E-state index contributed by atoms with van der Waals surface area (Å²) >= 11 is 2.78. The summed E-state index contributed by atoms with van der Waals surface area (Å²) in [7, 11) is 0. The number of thiazole rings is 1. The lowest BCUT2D eigenvalue weighted by Gasteiger charge is -2.13. The summed E-state index contributed by atoms with van der Waals surface area (Å²) in [4.78, 5) is 29.4. The molecule has 32 heavy (non-hydrogen) atoms. The van der Waals surface area contributed by atoms with Gasteiger partial charge in [0, 0.05) is 22.9 Å². The van der Waals surface area contributed by atoms with Gasteiger partial charge >= 0.3 is 0 Å². The van der Waals surface area contributed by atoms with E-state index in [4.69, 9.17) is 14.2 Å². The zero-order valence-corrected chi connectivity index (χ0v) is 18.5. The minimum Gasteiger partial charge on any atom is -0.491 e. The van der Waals surface area contributed by atoms with Crippen molar-refractivity contribution in [3.8, 4) is 17.2 Å². The number of hydrogen-bond acceptors (Lipinski definition) is 9. The molecule has 0 fully saturated rings. The quantitative estimate of drug-likeness (QED) is 0.411. The summed E-state index contributed by atoms with van der Waals surface area (Å²) in [5, 5.41) is 19.6. The maximum atomic E-state index is 12.1. The van der Waals surface area contributed by atoms with Gasteiger partial charge < -0.3 is 30.0 Å². The molecule has 0 bridgehead atoms. The second kappa shape index (κ2) is 10.4. The normalized spacial score (nSPS) is 12.9. The van der Waals surface area contributed by atoms with Crippen LogP contribution in [-0.4, -0.2) is 48.0 Å². The Balaban J connectivity index is 1.16. The van der Waals surface area contributed by atoms with E-state index in [-0.39, 0.29) is 38.2 Å². The number of aliphatic hydroxyl groups excluding tert-OH is 1. The third-order valence-corrected chi connectivity index (χ3v) is 6.06. The third kappa shape index (κ3) is 6.19. The number of rotatable bonds is 10. The molecular weight excluding hydrogens is 454 g/mol. The monoisotopic (exact) mass is 475 g/mol. The Morgan fingerprint density at radius 1 is 1.16 bits per heavy atom. The van der Waals surface area contributed by atoms with E-state index in [9.17, 15) is 14.7 Å². The van der Waals surface area contributed by atoms with Gasteiger partial charge in [-0.3, -0.25) is 9.59 Å². The van der Waals surface area contributed by atoms with Gasteiger partial charge in [-0.05, 0) is 23.6 Å². The molecule has 1 aliphatic rings. The Hall–Kier alpha value is -3.15. The largest absolute Gasteiger partial charge is 0.491 e. The zero-order chi connectivity index (χ0) is 22.3. The molecule has 2 amide bonds. The molecule has 0 spiro atoms. The summed E-state index contributed by atoms with van der Waals surface area (Å²) in [6.45, 7) is 0.227. The first-order valence-electron chi connectivity index (χ1n) is 9.79. The number of carbonyl (C=O) groups is 2. The molecule has 3 aromatic rings. The molecule has 0 aliphatic carbocycles. The smallest absolute Gasteiger partial charge is 0.231 e. The van der Waals surface area contributed by atoms with Gasteiger partial charge in [0.2, 0.25) is 18.6 Å². The van der Waals surface area contributed by atoms with E-state index >= 15 is 0 Å². The number of aliphatic hydroxyl groups is 1. The highest BCUT2D eigenvalue weighted by Gasteiger charge is 2.15. The van der Waals surface area contributed by atoms with Crippen LogP contribution in [0, 0.1) is 0 Å². The van der Waals surface area contributed by atoms with E-state index < -0.39 is 6.10 Å². The molecule has 3 N–H and O–H groups in total. The van der Waals surface area contributed by atoms with Crippen LogP contribution in [0.15, 0.2) is 41.1 Å². The van der Waals surface area contributed by atoms with Crippen molar-refractivity contribution in [2.45, 2.75) is 18.9 Å². The van der Waals surface area contributed by atoms with Crippen molar-refractivity contribution >= 4 is 39.6 Å². The van der Waals surface area contributed by atoms with Crippen molar-refractivity contribution in [2.24, 2.45) is 0 Å². The topological polar surface area (TPSA) is 119 Å². The molecule has 0 saturated carbocycles. The fraction of sp³-hybridized carbons (Fsp3) is 0.286. The van der Waals surface area contributed by atoms with Crippen LogP contribution in [0.3, 0.4) is 0 Å². The van der Waals surface area contributed by atoms with Crippen molar-refractivity contribution in [3.05, 3.63) is 51.7 Å². The minimum atomic E-state index is -0.882. The van der Waals surface area contributed by atoms with Crippen LogP contribution >= 0.6 is 22.7 Å². The molecule has 1 atom stereocenters. The van der Waals surface area contributed by atoms with Crippen LogP contribution < -0.4 is 24.8 Å². The van der Waals surface area contributed by atoms with Crippen molar-refractivity contribution < 1.29 is 28.9 Å². The lowest BCUT2D eigenvalue weighted by atomic mass is 10.3. The first kappa shape index (κ1) is 22.1. The van der Waals surface area contributed by atoms with Gasteiger partial charge in [-0.2, -0.15) is 0 Å². The van der Waals surface area contributed by atoms with Crippen molar-refractivity contribution in [1.82, 2.24) is 10.3 Å². The number of hydrogen-bond donors (Lipinski definition) is 3. The first-order chi connectivity index (χ1) is 15.5. The molecule has 168 valence electrons. The highest BCUT2D eigenvalue weighted by Crippen LogP contribution is 2.35. The zero-order valence-electron chi connectivity index (χ0n) is 16.9. The molecular formula is C21H21N3O6S2. The van der Waals surface area contributed by atoms with E-state index in [1.54, 1.807) is 23.6 Å². The van der Waals surface area contributed by atoms with E-state index in [0.29, 0.717) is 34.5 Å². The van der Waals surface area contributed by atoms with Crippen molar-refractivity contribution in [1.29, 1.82) is 0 Å². The lowest BCUT2D eigenvalue weighted by molar-refractivity contribution is -0.121. The van der Waals surface area contributed by atoms with Gasteiger partial charge in [-0.25, -0.2) is 4.98 Å². The maximum Gasteiger partial charge on any atom is 0.231 e. The number of fused-ring (bicyclic) bond motifs is 1. The highest BCUT2D eigenvalue weighted by molar-refractivity contribution is 7.14. The molecule has 1 aliphatic heterocycles. The number of amides is 2. The number of thiophene rings is 1. The molecule has 2 aromatic heterocycles. The van der Waals surface area contributed by atoms with Gasteiger partial charge in [0.05, 0.1) is 18.5 Å². The van der Waals surface area contributed by atoms with Crippen LogP contribution in [0.2, 0.25) is 0 Å². The number of anilines is 1. The second-order valence-electron chi connectivity index (χ2n) is 6.91. The van der Waals surface area contributed by atoms with Crippen molar-refractivity contribution in [2.75, 3.05) is 25.3 Å². The van der Waals surface area contributed by atoms with E-state index in [0.717, 1.165) is 4.88 Å². The molecule has 1 aromatic carbocycles. The molecule has 11 heteroatoms. The molecule has 0 saturated heterocycles. The molecule has 3 heterocycles. The Labute approximate surface area is 192 Å². The maximum absolute atomic E-state index is 12.1. The van der Waals surface area contributed by atoms with Crippen LogP contribution in [-0.2, 0) is 22.4 Å². The van der Waals surface area contributed by atoms with Gasteiger partial charge in [0.1, 0.15) is 18.5 Å². The van der Waals surface area contributed by atoms with Crippen LogP contribution in [0.25, 0.3) is 0 Å². The fourth-order valence-electron chi connectivity index (χ4n) is 2.86. The predicted molar refractivity (Wildman–Crippen MR) is 120 cm³/mol. The second-order valence-corrected chi connectivity index (χ2v) is 8.80. The first-order valence-corrected chi connectivity index (χ1v) is 11.5. The van der Waals surface area contributed by atoms with Gasteiger partial charge in [-0.1, -0.05) is 6.07 Å². The average molecular weight is 476 g/mol. The fourth-order valence-corrected chi connectivity index (χ4v) is 4.29. The number of ether oxygens (including phenoxy) is 3. The lowest BCUT2D eigenvalue weighted by Crippen LogP contribution is -2.36. The highest BCUT2D eigenvalue weighted by atomic mass is 32.1. The number of aromatic nitrogens is 1.